The molecule has 9 heteroatoms. The van der Waals surface area contributed by atoms with Crippen LogP contribution in [0.25, 0.3) is 0 Å². The summed E-state index contributed by atoms with van der Waals surface area (Å²) in [6.45, 7) is 1.99. The summed E-state index contributed by atoms with van der Waals surface area (Å²) >= 11 is 0. The fraction of sp³-hybridized carbons (Fsp3) is 0.0345. The largest absolute Gasteiger partial charge is 0.457 e. The average Bonchev–Trinajstić information content (AvgIpc) is 2.91. The third-order valence-corrected chi connectivity index (χ3v) is 5.40. The predicted molar refractivity (Wildman–Crippen MR) is 145 cm³/mol. The first kappa shape index (κ1) is 24.4. The van der Waals surface area contributed by atoms with Crippen LogP contribution >= 0.6 is 0 Å². The van der Waals surface area contributed by atoms with Crippen LogP contribution in [0.2, 0.25) is 0 Å². The van der Waals surface area contributed by atoms with Crippen molar-refractivity contribution in [3.63, 3.8) is 0 Å². The zero-order valence-electron chi connectivity index (χ0n) is 20.4. The van der Waals surface area contributed by atoms with Crippen LogP contribution in [0.4, 0.5) is 33.2 Å². The molecule has 188 valence electrons. The minimum absolute atomic E-state index is 0.286. The molecule has 2 aromatic heterocycles. The fourth-order valence-electron chi connectivity index (χ4n) is 3.56. The van der Waals surface area contributed by atoms with Crippen LogP contribution in [0, 0.1) is 12.7 Å². The van der Waals surface area contributed by atoms with Crippen molar-refractivity contribution in [1.29, 1.82) is 0 Å². The quantitative estimate of drug-likeness (QED) is 0.212. The summed E-state index contributed by atoms with van der Waals surface area (Å²) in [6.07, 6.45) is 3.19. The van der Waals surface area contributed by atoms with Crippen LogP contribution in [-0.2, 0) is 0 Å². The highest BCUT2D eigenvalue weighted by Crippen LogP contribution is 2.24. The first-order valence-corrected chi connectivity index (χ1v) is 11.7. The molecule has 8 nitrogen and oxygen atoms in total. The number of hydrogen-bond acceptors (Lipinski definition) is 7. The van der Waals surface area contributed by atoms with Gasteiger partial charge in [0, 0.05) is 29.2 Å². The third kappa shape index (κ3) is 6.46. The predicted octanol–water partition coefficient (Wildman–Crippen LogP) is 6.85. The number of hydrogen-bond donors (Lipinski definition) is 3. The van der Waals surface area contributed by atoms with E-state index in [0.29, 0.717) is 40.2 Å². The third-order valence-electron chi connectivity index (χ3n) is 5.40. The second-order valence-electron chi connectivity index (χ2n) is 8.37. The molecule has 0 bridgehead atoms. The molecule has 0 fully saturated rings. The number of aromatic nitrogens is 3. The molecule has 0 atom stereocenters. The summed E-state index contributed by atoms with van der Waals surface area (Å²) in [7, 11) is 0. The molecule has 0 spiro atoms. The summed E-state index contributed by atoms with van der Waals surface area (Å²) < 4.78 is 18.8. The summed E-state index contributed by atoms with van der Waals surface area (Å²) in [4.78, 5) is 25.6. The van der Waals surface area contributed by atoms with Gasteiger partial charge in [0.25, 0.3) is 5.91 Å². The lowest BCUT2D eigenvalue weighted by molar-refractivity contribution is 0.102. The van der Waals surface area contributed by atoms with E-state index in [2.05, 4.69) is 30.9 Å². The van der Waals surface area contributed by atoms with Crippen molar-refractivity contribution >= 4 is 34.7 Å². The van der Waals surface area contributed by atoms with Gasteiger partial charge in [0.15, 0.2) is 0 Å². The van der Waals surface area contributed by atoms with Gasteiger partial charge in [0.2, 0.25) is 0 Å². The van der Waals surface area contributed by atoms with E-state index in [4.69, 9.17) is 4.74 Å². The molecule has 38 heavy (non-hydrogen) atoms. The van der Waals surface area contributed by atoms with E-state index >= 15 is 0 Å². The molecule has 3 N–H and O–H groups in total. The second-order valence-corrected chi connectivity index (χ2v) is 8.37. The SMILES string of the molecule is Cc1ccnc(Nc2cc(Nc3ccc(NC(=O)c4cccc(Oc5ccc(F)cc5)c4)cc3)ncn2)c1. The highest BCUT2D eigenvalue weighted by Gasteiger charge is 2.09. The number of nitrogens with zero attached hydrogens (tertiary/aromatic N) is 3. The standard InChI is InChI=1S/C29H23FN6O2/c1-19-13-14-31-26(15-19)36-28-17-27(32-18-33-28)34-22-7-9-23(10-8-22)35-29(37)20-3-2-4-25(16-20)38-24-11-5-21(30)6-12-24/h2-18H,1H3,(H,35,37)(H2,31,32,33,34,36). The molecule has 3 aromatic carbocycles. The van der Waals surface area contributed by atoms with Crippen molar-refractivity contribution in [2.24, 2.45) is 0 Å². The monoisotopic (exact) mass is 506 g/mol. The number of ether oxygens (including phenoxy) is 1. The lowest BCUT2D eigenvalue weighted by Crippen LogP contribution is -2.11. The lowest BCUT2D eigenvalue weighted by Gasteiger charge is -2.10. The van der Waals surface area contributed by atoms with E-state index in [1.54, 1.807) is 48.7 Å². The molecule has 0 unspecified atom stereocenters. The Morgan fingerprint density at radius 1 is 0.737 bits per heavy atom. The summed E-state index contributed by atoms with van der Waals surface area (Å²) in [5.41, 5.74) is 2.93. The maximum absolute atomic E-state index is 13.1. The van der Waals surface area contributed by atoms with Crippen molar-refractivity contribution in [1.82, 2.24) is 15.0 Å². The molecule has 0 saturated carbocycles. The van der Waals surface area contributed by atoms with Gasteiger partial charge in [-0.15, -0.1) is 0 Å². The van der Waals surface area contributed by atoms with Crippen LogP contribution in [0.3, 0.4) is 0 Å². The molecule has 5 rings (SSSR count). The van der Waals surface area contributed by atoms with Crippen LogP contribution < -0.4 is 20.7 Å². The van der Waals surface area contributed by atoms with Gasteiger partial charge in [-0.05, 0) is 91.3 Å². The van der Waals surface area contributed by atoms with Crippen LogP contribution in [0.1, 0.15) is 15.9 Å². The summed E-state index contributed by atoms with van der Waals surface area (Å²) in [6, 6.07) is 25.3. The van der Waals surface area contributed by atoms with Gasteiger partial charge in [-0.25, -0.2) is 19.3 Å². The minimum atomic E-state index is -0.346. The van der Waals surface area contributed by atoms with Gasteiger partial charge in [-0.3, -0.25) is 4.79 Å². The molecule has 0 aliphatic rings. The number of carbonyl (C=O) groups excluding carboxylic acids is 1. The van der Waals surface area contributed by atoms with Crippen molar-refractivity contribution in [3.8, 4) is 11.5 Å². The zero-order valence-corrected chi connectivity index (χ0v) is 20.4. The number of aryl methyl sites for hydroxylation is 1. The van der Waals surface area contributed by atoms with E-state index in [-0.39, 0.29) is 11.7 Å². The Morgan fingerprint density at radius 2 is 1.45 bits per heavy atom. The van der Waals surface area contributed by atoms with Gasteiger partial charge >= 0.3 is 0 Å². The molecule has 0 aliphatic carbocycles. The topological polar surface area (TPSA) is 101 Å². The lowest BCUT2D eigenvalue weighted by atomic mass is 10.2. The van der Waals surface area contributed by atoms with E-state index in [1.807, 2.05) is 31.2 Å². The highest BCUT2D eigenvalue weighted by molar-refractivity contribution is 6.04. The van der Waals surface area contributed by atoms with E-state index in [9.17, 15) is 9.18 Å². The van der Waals surface area contributed by atoms with Gasteiger partial charge in [0.1, 0.15) is 41.1 Å². The highest BCUT2D eigenvalue weighted by atomic mass is 19.1. The van der Waals surface area contributed by atoms with Gasteiger partial charge in [0.05, 0.1) is 0 Å². The Balaban J connectivity index is 1.20. The van der Waals surface area contributed by atoms with Crippen molar-refractivity contribution in [2.75, 3.05) is 16.0 Å². The number of amides is 1. The number of carbonyl (C=O) groups is 1. The number of anilines is 5. The van der Waals surface area contributed by atoms with E-state index in [1.165, 1.54) is 30.6 Å². The number of rotatable bonds is 8. The summed E-state index contributed by atoms with van der Waals surface area (Å²) in [5.74, 6) is 2.22. The molecule has 5 aromatic rings. The fourth-order valence-corrected chi connectivity index (χ4v) is 3.56. The molecule has 2 heterocycles. The number of pyridine rings is 1. The Morgan fingerprint density at radius 3 is 2.21 bits per heavy atom. The molecule has 1 amide bonds. The zero-order chi connectivity index (χ0) is 26.3. The molecule has 0 aliphatic heterocycles. The average molecular weight is 507 g/mol. The smallest absolute Gasteiger partial charge is 0.255 e. The molecule has 0 radical (unpaired) electrons. The first-order chi connectivity index (χ1) is 18.5. The number of benzene rings is 3. The Kier molecular flexibility index (Phi) is 7.17. The maximum Gasteiger partial charge on any atom is 0.255 e. The molecular weight excluding hydrogens is 483 g/mol. The second kappa shape index (κ2) is 11.2. The minimum Gasteiger partial charge on any atom is -0.457 e. The van der Waals surface area contributed by atoms with Crippen LogP contribution in [-0.4, -0.2) is 20.9 Å². The van der Waals surface area contributed by atoms with Crippen molar-refractivity contribution in [3.05, 3.63) is 120 Å². The number of halogens is 1. The Bertz CT molecular complexity index is 1560. The maximum atomic E-state index is 13.1. The van der Waals surface area contributed by atoms with Gasteiger partial charge < -0.3 is 20.7 Å². The van der Waals surface area contributed by atoms with E-state index < -0.39 is 0 Å². The molecular formula is C29H23FN6O2. The van der Waals surface area contributed by atoms with Crippen LogP contribution in [0.5, 0.6) is 11.5 Å². The van der Waals surface area contributed by atoms with Gasteiger partial charge in [-0.1, -0.05) is 6.07 Å². The Labute approximate surface area is 218 Å². The Hall–Kier alpha value is -5.31. The van der Waals surface area contributed by atoms with E-state index in [0.717, 1.165) is 11.3 Å². The first-order valence-electron chi connectivity index (χ1n) is 11.7. The van der Waals surface area contributed by atoms with Crippen molar-refractivity contribution < 1.29 is 13.9 Å². The normalized spacial score (nSPS) is 10.5. The summed E-state index contributed by atoms with van der Waals surface area (Å²) in [5, 5.41) is 9.26. The number of nitrogens with one attached hydrogen (secondary N) is 3. The van der Waals surface area contributed by atoms with Crippen LogP contribution in [0.15, 0.2) is 104 Å². The van der Waals surface area contributed by atoms with Crippen molar-refractivity contribution in [2.45, 2.75) is 6.92 Å². The molecule has 0 saturated heterocycles. The van der Waals surface area contributed by atoms with Gasteiger partial charge in [-0.2, -0.15) is 0 Å².